The monoisotopic (exact) mass is 262 g/mol. The summed E-state index contributed by atoms with van der Waals surface area (Å²) >= 11 is 0. The highest BCUT2D eigenvalue weighted by atomic mass is 16.1. The first-order chi connectivity index (χ1) is 9.09. The molecule has 0 atom stereocenters. The van der Waals surface area contributed by atoms with E-state index in [4.69, 9.17) is 0 Å². The smallest absolute Gasteiger partial charge is 0.221 e. The summed E-state index contributed by atoms with van der Waals surface area (Å²) in [6, 6.07) is 7.93. The van der Waals surface area contributed by atoms with Crippen LogP contribution in [0.5, 0.6) is 0 Å². The summed E-state index contributed by atoms with van der Waals surface area (Å²) in [5, 5.41) is 6.30. The van der Waals surface area contributed by atoms with Crippen LogP contribution in [0.1, 0.15) is 45.6 Å². The van der Waals surface area contributed by atoms with Crippen LogP contribution < -0.4 is 10.6 Å². The van der Waals surface area contributed by atoms with Gasteiger partial charge in [-0.15, -0.1) is 0 Å². The third-order valence-electron chi connectivity index (χ3n) is 3.03. The van der Waals surface area contributed by atoms with Crippen molar-refractivity contribution in [2.45, 2.75) is 46.6 Å². The lowest BCUT2D eigenvalue weighted by Crippen LogP contribution is -2.17. The van der Waals surface area contributed by atoms with Crippen LogP contribution >= 0.6 is 0 Å². The molecule has 3 heteroatoms. The molecule has 1 aromatic rings. The zero-order chi connectivity index (χ0) is 14.1. The third kappa shape index (κ3) is 6.97. The van der Waals surface area contributed by atoms with Crippen LogP contribution in [0, 0.1) is 5.92 Å². The van der Waals surface area contributed by atoms with Gasteiger partial charge < -0.3 is 10.6 Å². The van der Waals surface area contributed by atoms with Gasteiger partial charge in [0.15, 0.2) is 0 Å². The molecule has 0 radical (unpaired) electrons. The Kier molecular flexibility index (Phi) is 7.19. The van der Waals surface area contributed by atoms with E-state index in [1.807, 2.05) is 24.3 Å². The van der Waals surface area contributed by atoms with Crippen molar-refractivity contribution in [2.24, 2.45) is 5.92 Å². The maximum atomic E-state index is 11.1. The minimum Gasteiger partial charge on any atom is -0.326 e. The number of benzene rings is 1. The van der Waals surface area contributed by atoms with Crippen LogP contribution in [-0.2, 0) is 11.3 Å². The molecular weight excluding hydrogens is 236 g/mol. The topological polar surface area (TPSA) is 41.1 Å². The van der Waals surface area contributed by atoms with Gasteiger partial charge in [-0.05, 0) is 30.5 Å². The highest BCUT2D eigenvalue weighted by Gasteiger charge is 2.02. The summed E-state index contributed by atoms with van der Waals surface area (Å²) in [5.74, 6) is 0.768. The van der Waals surface area contributed by atoms with E-state index in [-0.39, 0.29) is 5.91 Å². The molecule has 2 N–H and O–H groups in total. The minimum atomic E-state index is -0.0237. The molecule has 0 saturated carbocycles. The van der Waals surface area contributed by atoms with Gasteiger partial charge in [0.05, 0.1) is 0 Å². The lowest BCUT2D eigenvalue weighted by Gasteiger charge is -2.11. The van der Waals surface area contributed by atoms with E-state index < -0.39 is 0 Å². The van der Waals surface area contributed by atoms with E-state index in [9.17, 15) is 4.79 Å². The molecule has 0 aliphatic heterocycles. The Morgan fingerprint density at radius 2 is 1.95 bits per heavy atom. The van der Waals surface area contributed by atoms with Gasteiger partial charge in [0.25, 0.3) is 0 Å². The molecule has 0 bridgehead atoms. The number of hydrogen-bond acceptors (Lipinski definition) is 2. The fourth-order valence-corrected chi connectivity index (χ4v) is 2.01. The first-order valence-corrected chi connectivity index (χ1v) is 7.16. The Balaban J connectivity index is 2.30. The Morgan fingerprint density at radius 1 is 1.21 bits per heavy atom. The molecule has 106 valence electrons. The van der Waals surface area contributed by atoms with E-state index in [1.165, 1.54) is 26.2 Å². The summed E-state index contributed by atoms with van der Waals surface area (Å²) < 4.78 is 0. The first kappa shape index (κ1) is 15.7. The van der Waals surface area contributed by atoms with E-state index in [0.29, 0.717) is 0 Å². The van der Waals surface area contributed by atoms with E-state index in [0.717, 1.165) is 30.3 Å². The summed E-state index contributed by atoms with van der Waals surface area (Å²) in [6.07, 6.45) is 3.78. The molecule has 0 fully saturated rings. The van der Waals surface area contributed by atoms with Gasteiger partial charge in [-0.2, -0.15) is 0 Å². The highest BCUT2D eigenvalue weighted by molar-refractivity contribution is 5.89. The van der Waals surface area contributed by atoms with Gasteiger partial charge >= 0.3 is 0 Å². The van der Waals surface area contributed by atoms with Gasteiger partial charge in [0.2, 0.25) is 5.91 Å². The minimum absolute atomic E-state index is 0.0237. The van der Waals surface area contributed by atoms with Crippen molar-refractivity contribution in [1.29, 1.82) is 0 Å². The fraction of sp³-hybridized carbons (Fsp3) is 0.562. The third-order valence-corrected chi connectivity index (χ3v) is 3.03. The number of nitrogens with one attached hydrogen (secondary N) is 2. The molecule has 0 spiro atoms. The molecule has 0 aliphatic rings. The van der Waals surface area contributed by atoms with Crippen LogP contribution in [0.2, 0.25) is 0 Å². The first-order valence-electron chi connectivity index (χ1n) is 7.16. The molecule has 0 saturated heterocycles. The van der Waals surface area contributed by atoms with Crippen molar-refractivity contribution in [3.8, 4) is 0 Å². The molecule has 19 heavy (non-hydrogen) atoms. The quantitative estimate of drug-likeness (QED) is 0.703. The Bertz CT molecular complexity index is 388. The second-order valence-corrected chi connectivity index (χ2v) is 5.40. The number of hydrogen-bond donors (Lipinski definition) is 2. The predicted octanol–water partition coefficient (Wildman–Crippen LogP) is 3.56. The maximum Gasteiger partial charge on any atom is 0.221 e. The van der Waals surface area contributed by atoms with E-state index in [2.05, 4.69) is 24.5 Å². The molecule has 0 aliphatic carbocycles. The fourth-order valence-electron chi connectivity index (χ4n) is 2.01. The number of para-hydroxylation sites is 1. The highest BCUT2D eigenvalue weighted by Crippen LogP contribution is 2.14. The summed E-state index contributed by atoms with van der Waals surface area (Å²) in [5.41, 5.74) is 2.05. The molecule has 1 amide bonds. The number of anilines is 1. The van der Waals surface area contributed by atoms with Gasteiger partial charge in [-0.25, -0.2) is 0 Å². The van der Waals surface area contributed by atoms with Crippen molar-refractivity contribution in [2.75, 3.05) is 11.9 Å². The number of rotatable bonds is 8. The lowest BCUT2D eigenvalue weighted by molar-refractivity contribution is -0.114. The summed E-state index contributed by atoms with van der Waals surface area (Å²) in [4.78, 5) is 11.1. The number of carbonyl (C=O) groups excluding carboxylic acids is 1. The SMILES string of the molecule is CC(=O)Nc1ccccc1CNCCCCC(C)C. The molecular formula is C16H26N2O. The van der Waals surface area contributed by atoms with E-state index in [1.54, 1.807) is 0 Å². The lowest BCUT2D eigenvalue weighted by atomic mass is 10.1. The van der Waals surface area contributed by atoms with Crippen molar-refractivity contribution >= 4 is 11.6 Å². The predicted molar refractivity (Wildman–Crippen MR) is 81.1 cm³/mol. The molecule has 0 aromatic heterocycles. The molecule has 1 aromatic carbocycles. The van der Waals surface area contributed by atoms with Crippen molar-refractivity contribution in [1.82, 2.24) is 5.32 Å². The second-order valence-electron chi connectivity index (χ2n) is 5.40. The average Bonchev–Trinajstić information content (AvgIpc) is 2.34. The van der Waals surface area contributed by atoms with Crippen LogP contribution in [0.25, 0.3) is 0 Å². The molecule has 1 rings (SSSR count). The normalized spacial score (nSPS) is 10.7. The van der Waals surface area contributed by atoms with Crippen LogP contribution in [0.3, 0.4) is 0 Å². The van der Waals surface area contributed by atoms with Gasteiger partial charge in [0.1, 0.15) is 0 Å². The number of unbranched alkanes of at least 4 members (excludes halogenated alkanes) is 1. The van der Waals surface area contributed by atoms with E-state index >= 15 is 0 Å². The molecule has 3 nitrogen and oxygen atoms in total. The summed E-state index contributed by atoms with van der Waals surface area (Å²) in [6.45, 7) is 7.89. The zero-order valence-electron chi connectivity index (χ0n) is 12.3. The van der Waals surface area contributed by atoms with Crippen molar-refractivity contribution < 1.29 is 4.79 Å². The molecule has 0 unspecified atom stereocenters. The Hall–Kier alpha value is -1.35. The maximum absolute atomic E-state index is 11.1. The molecule has 0 heterocycles. The Morgan fingerprint density at radius 3 is 2.63 bits per heavy atom. The second kappa shape index (κ2) is 8.70. The Labute approximate surface area is 116 Å². The standard InChI is InChI=1S/C16H26N2O/c1-13(2)8-6-7-11-17-12-15-9-4-5-10-16(15)18-14(3)19/h4-5,9-10,13,17H,6-8,11-12H2,1-3H3,(H,18,19). The number of carbonyl (C=O) groups is 1. The number of amides is 1. The van der Waals surface area contributed by atoms with Gasteiger partial charge in [0, 0.05) is 19.2 Å². The van der Waals surface area contributed by atoms with Gasteiger partial charge in [-0.1, -0.05) is 44.9 Å². The van der Waals surface area contributed by atoms with Crippen molar-refractivity contribution in [3.05, 3.63) is 29.8 Å². The zero-order valence-corrected chi connectivity index (χ0v) is 12.3. The van der Waals surface area contributed by atoms with Crippen LogP contribution in [0.4, 0.5) is 5.69 Å². The van der Waals surface area contributed by atoms with Crippen LogP contribution in [0.15, 0.2) is 24.3 Å². The average molecular weight is 262 g/mol. The van der Waals surface area contributed by atoms with Gasteiger partial charge in [-0.3, -0.25) is 4.79 Å². The summed E-state index contributed by atoms with van der Waals surface area (Å²) in [7, 11) is 0. The largest absolute Gasteiger partial charge is 0.326 e. The van der Waals surface area contributed by atoms with Crippen molar-refractivity contribution in [3.63, 3.8) is 0 Å². The van der Waals surface area contributed by atoms with Crippen LogP contribution in [-0.4, -0.2) is 12.5 Å².